The van der Waals surface area contributed by atoms with Crippen LogP contribution in [-0.4, -0.2) is 70.8 Å². The third-order valence-electron chi connectivity index (χ3n) is 4.92. The average Bonchev–Trinajstić information content (AvgIpc) is 2.77. The second-order valence-electron chi connectivity index (χ2n) is 9.35. The molecule has 196 valence electrons. The van der Waals surface area contributed by atoms with E-state index in [0.717, 1.165) is 17.1 Å². The average molecular weight is 512 g/mol. The minimum absolute atomic E-state index is 0.202. The van der Waals surface area contributed by atoms with Crippen LogP contribution in [0.25, 0.3) is 0 Å². The van der Waals surface area contributed by atoms with Gasteiger partial charge >= 0.3 is 6.09 Å². The van der Waals surface area contributed by atoms with Gasteiger partial charge in [-0.1, -0.05) is 18.2 Å². The molecule has 0 fully saturated rings. The van der Waals surface area contributed by atoms with Crippen molar-refractivity contribution < 1.29 is 32.2 Å². The highest BCUT2D eigenvalue weighted by Gasteiger charge is 2.33. The molecule has 0 spiro atoms. The molecule has 0 heterocycles. The van der Waals surface area contributed by atoms with Crippen molar-refractivity contribution >= 4 is 21.8 Å². The van der Waals surface area contributed by atoms with Gasteiger partial charge in [-0.25, -0.2) is 13.2 Å². The van der Waals surface area contributed by atoms with Crippen LogP contribution in [0, 0.1) is 16.7 Å². The Labute approximate surface area is 208 Å². The number of ether oxygens (including phenoxy) is 3. The van der Waals surface area contributed by atoms with Crippen molar-refractivity contribution in [2.75, 3.05) is 39.5 Å². The molecule has 0 saturated heterocycles. The van der Waals surface area contributed by atoms with Gasteiger partial charge in [0, 0.05) is 24.6 Å². The molecule has 10 nitrogen and oxygen atoms in total. The molecule has 0 aromatic rings. The number of hydrogen-bond acceptors (Lipinski definition) is 8. The van der Waals surface area contributed by atoms with Crippen molar-refractivity contribution in [1.82, 2.24) is 10.6 Å². The minimum atomic E-state index is -3.56. The van der Waals surface area contributed by atoms with Gasteiger partial charge in [-0.15, -0.1) is 0 Å². The summed E-state index contributed by atoms with van der Waals surface area (Å²) in [4.78, 5) is 24.1. The predicted molar refractivity (Wildman–Crippen MR) is 132 cm³/mol. The molecule has 1 atom stereocenters. The lowest BCUT2D eigenvalue weighted by atomic mass is 9.80. The molecule has 1 aliphatic rings. The monoisotopic (exact) mass is 511 g/mol. The maximum atomic E-state index is 12.7. The van der Waals surface area contributed by atoms with Crippen LogP contribution in [-0.2, 0) is 28.8 Å². The second kappa shape index (κ2) is 14.0. The molecule has 1 unspecified atom stereocenters. The Morgan fingerprint density at radius 1 is 1.09 bits per heavy atom. The number of hydrogen-bond donors (Lipinski definition) is 2. The summed E-state index contributed by atoms with van der Waals surface area (Å²) in [6, 6.07) is 1.68. The van der Waals surface area contributed by atoms with Crippen LogP contribution in [0.5, 0.6) is 0 Å². The molecule has 0 aromatic heterocycles. The first-order valence-corrected chi connectivity index (χ1v) is 13.0. The summed E-state index contributed by atoms with van der Waals surface area (Å²) >= 11 is 0. The summed E-state index contributed by atoms with van der Waals surface area (Å²) in [6.07, 6.45) is 5.63. The number of amides is 2. The number of sulfone groups is 1. The van der Waals surface area contributed by atoms with Crippen molar-refractivity contribution in [3.05, 3.63) is 35.3 Å². The molecule has 35 heavy (non-hydrogen) atoms. The van der Waals surface area contributed by atoms with Crippen LogP contribution < -0.4 is 10.6 Å². The molecule has 0 saturated carbocycles. The van der Waals surface area contributed by atoms with Crippen molar-refractivity contribution in [3.8, 4) is 6.07 Å². The molecular weight excluding hydrogens is 474 g/mol. The van der Waals surface area contributed by atoms with Crippen LogP contribution >= 0.6 is 0 Å². The van der Waals surface area contributed by atoms with Crippen LogP contribution in [0.1, 0.15) is 41.0 Å². The first-order chi connectivity index (χ1) is 16.3. The normalized spacial score (nSPS) is 16.5. The quantitative estimate of drug-likeness (QED) is 0.283. The van der Waals surface area contributed by atoms with Crippen LogP contribution in [0.4, 0.5) is 4.79 Å². The SMILES string of the molecule is CC(C)(C)OC(=O)NCCOCCOCCNC(=O)C(C)(C)C1=CCC(S(=O)(=O)C=CC#N)C=C1. The number of nitrogens with one attached hydrogen (secondary N) is 2. The fourth-order valence-corrected chi connectivity index (χ4v) is 4.10. The van der Waals surface area contributed by atoms with E-state index in [1.54, 1.807) is 58.9 Å². The number of nitriles is 1. The Morgan fingerprint density at radius 2 is 1.69 bits per heavy atom. The number of rotatable bonds is 13. The Morgan fingerprint density at radius 3 is 2.20 bits per heavy atom. The maximum Gasteiger partial charge on any atom is 0.407 e. The molecule has 0 bridgehead atoms. The van der Waals surface area contributed by atoms with E-state index in [1.807, 2.05) is 0 Å². The first kappa shape index (κ1) is 30.4. The van der Waals surface area contributed by atoms with Gasteiger partial charge in [0.05, 0.1) is 43.2 Å². The fourth-order valence-electron chi connectivity index (χ4n) is 2.98. The molecule has 0 aromatic carbocycles. The standard InChI is InChI=1S/C24H37N3O7S/c1-23(2,3)34-22(29)27-13-15-33-17-16-32-14-12-26-21(28)24(4,5)19-7-9-20(10-8-19)35(30,31)18-6-11-25/h6-9,18,20H,10,12-17H2,1-5H3,(H,26,28)(H,27,29). The lowest BCUT2D eigenvalue weighted by molar-refractivity contribution is -0.127. The lowest BCUT2D eigenvalue weighted by Crippen LogP contribution is -2.40. The van der Waals surface area contributed by atoms with Gasteiger partial charge in [0.15, 0.2) is 9.84 Å². The van der Waals surface area contributed by atoms with Crippen molar-refractivity contribution in [2.24, 2.45) is 5.41 Å². The third kappa shape index (κ3) is 11.5. The summed E-state index contributed by atoms with van der Waals surface area (Å²) in [6.45, 7) is 10.9. The molecule has 11 heteroatoms. The Hall–Kier alpha value is -2.68. The van der Waals surface area contributed by atoms with Crippen molar-refractivity contribution in [1.29, 1.82) is 5.26 Å². The van der Waals surface area contributed by atoms with E-state index in [4.69, 9.17) is 19.5 Å². The first-order valence-electron chi connectivity index (χ1n) is 11.4. The Kier molecular flexibility index (Phi) is 12.2. The Bertz CT molecular complexity index is 955. The Balaban J connectivity index is 2.25. The van der Waals surface area contributed by atoms with E-state index in [0.29, 0.717) is 39.5 Å². The summed E-state index contributed by atoms with van der Waals surface area (Å²) in [7, 11) is -3.56. The number of carbonyl (C=O) groups excluding carboxylic acids is 2. The zero-order valence-corrected chi connectivity index (χ0v) is 21.9. The molecule has 0 aliphatic heterocycles. The molecule has 0 radical (unpaired) electrons. The topological polar surface area (TPSA) is 144 Å². The van der Waals surface area contributed by atoms with Gasteiger partial charge in [0.1, 0.15) is 5.60 Å². The lowest BCUT2D eigenvalue weighted by Gasteiger charge is -2.28. The number of nitrogens with zero attached hydrogens (tertiary/aromatic N) is 1. The van der Waals surface area contributed by atoms with Gasteiger partial charge in [-0.3, -0.25) is 4.79 Å². The zero-order chi connectivity index (χ0) is 26.5. The second-order valence-corrected chi connectivity index (χ2v) is 11.4. The largest absolute Gasteiger partial charge is 0.444 e. The fraction of sp³-hybridized carbons (Fsp3) is 0.625. The smallest absolute Gasteiger partial charge is 0.407 e. The summed E-state index contributed by atoms with van der Waals surface area (Å²) in [5.41, 5.74) is -0.672. The van der Waals surface area contributed by atoms with E-state index in [-0.39, 0.29) is 12.3 Å². The van der Waals surface area contributed by atoms with E-state index in [1.165, 1.54) is 0 Å². The molecule has 1 aliphatic carbocycles. The maximum absolute atomic E-state index is 12.7. The van der Waals surface area contributed by atoms with E-state index in [9.17, 15) is 18.0 Å². The molecule has 2 amide bonds. The van der Waals surface area contributed by atoms with Gasteiger partial charge in [0.25, 0.3) is 0 Å². The molecule has 1 rings (SSSR count). The number of alkyl carbamates (subject to hydrolysis) is 1. The van der Waals surface area contributed by atoms with Crippen LogP contribution in [0.15, 0.2) is 35.3 Å². The highest BCUT2D eigenvalue weighted by atomic mass is 32.2. The van der Waals surface area contributed by atoms with Crippen LogP contribution in [0.2, 0.25) is 0 Å². The molecule has 2 N–H and O–H groups in total. The highest BCUT2D eigenvalue weighted by Crippen LogP contribution is 2.32. The summed E-state index contributed by atoms with van der Waals surface area (Å²) in [5, 5.41) is 14.1. The van der Waals surface area contributed by atoms with E-state index < -0.39 is 32.2 Å². The summed E-state index contributed by atoms with van der Waals surface area (Å²) < 4.78 is 40.3. The van der Waals surface area contributed by atoms with E-state index >= 15 is 0 Å². The van der Waals surface area contributed by atoms with E-state index in [2.05, 4.69) is 10.6 Å². The van der Waals surface area contributed by atoms with Gasteiger partial charge in [0.2, 0.25) is 5.91 Å². The van der Waals surface area contributed by atoms with Gasteiger partial charge < -0.3 is 24.8 Å². The van der Waals surface area contributed by atoms with Gasteiger partial charge in [-0.05, 0) is 46.6 Å². The highest BCUT2D eigenvalue weighted by molar-refractivity contribution is 7.95. The number of allylic oxidation sites excluding steroid dienone is 3. The van der Waals surface area contributed by atoms with Gasteiger partial charge in [-0.2, -0.15) is 5.26 Å². The third-order valence-corrected chi connectivity index (χ3v) is 6.63. The van der Waals surface area contributed by atoms with Crippen molar-refractivity contribution in [2.45, 2.75) is 51.9 Å². The number of carbonyl (C=O) groups is 2. The zero-order valence-electron chi connectivity index (χ0n) is 21.1. The summed E-state index contributed by atoms with van der Waals surface area (Å²) in [5.74, 6) is -0.202. The molecular formula is C24H37N3O7S. The predicted octanol–water partition coefficient (Wildman–Crippen LogP) is 2.39. The minimum Gasteiger partial charge on any atom is -0.444 e. The van der Waals surface area contributed by atoms with Crippen LogP contribution in [0.3, 0.4) is 0 Å². The van der Waals surface area contributed by atoms with Crippen molar-refractivity contribution in [3.63, 3.8) is 0 Å².